The van der Waals surface area contributed by atoms with Crippen LogP contribution >= 0.6 is 0 Å². The average Bonchev–Trinajstić information content (AvgIpc) is 3.00. The highest BCUT2D eigenvalue weighted by Crippen LogP contribution is 2.16. The van der Waals surface area contributed by atoms with Gasteiger partial charge in [0.15, 0.2) is 0 Å². The van der Waals surface area contributed by atoms with Crippen LogP contribution in [0.3, 0.4) is 0 Å². The Bertz CT molecular complexity index is 744. The monoisotopic (exact) mass is 293 g/mol. The first-order valence-electron chi connectivity index (χ1n) is 7.71. The van der Waals surface area contributed by atoms with Crippen LogP contribution in [0.1, 0.15) is 0 Å². The Kier molecular flexibility index (Phi) is 3.48. The Morgan fingerprint density at radius 1 is 0.818 bits per heavy atom. The number of anilines is 1. The molecule has 0 bridgehead atoms. The number of rotatable bonds is 3. The number of hydrogen-bond acceptors (Lipinski definition) is 4. The van der Waals surface area contributed by atoms with E-state index in [1.54, 1.807) is 0 Å². The number of nitrogens with zero attached hydrogens (tertiary/aromatic N) is 5. The summed E-state index contributed by atoms with van der Waals surface area (Å²) in [4.78, 5) is 4.87. The van der Waals surface area contributed by atoms with Gasteiger partial charge in [0.25, 0.3) is 0 Å². The van der Waals surface area contributed by atoms with Gasteiger partial charge in [0.2, 0.25) is 0 Å². The molecule has 0 atom stereocenters. The summed E-state index contributed by atoms with van der Waals surface area (Å²) in [5.74, 6) is 0. The molecule has 0 aliphatic carbocycles. The van der Waals surface area contributed by atoms with E-state index in [9.17, 15) is 0 Å². The molecule has 0 amide bonds. The summed E-state index contributed by atoms with van der Waals surface area (Å²) in [6.45, 7) is 5.00. The van der Waals surface area contributed by atoms with E-state index in [4.69, 9.17) is 0 Å². The fourth-order valence-corrected chi connectivity index (χ4v) is 3.00. The lowest BCUT2D eigenvalue weighted by Crippen LogP contribution is -2.46. The molecule has 112 valence electrons. The molecule has 3 aromatic rings. The van der Waals surface area contributed by atoms with Gasteiger partial charge in [0, 0.05) is 31.9 Å². The second kappa shape index (κ2) is 5.77. The lowest BCUT2D eigenvalue weighted by Gasteiger charge is -2.35. The topological polar surface area (TPSA) is 37.2 Å². The molecule has 2 heterocycles. The van der Waals surface area contributed by atoms with Crippen molar-refractivity contribution in [2.24, 2.45) is 0 Å². The molecule has 1 aromatic heterocycles. The van der Waals surface area contributed by atoms with Crippen LogP contribution in [0.25, 0.3) is 11.0 Å². The first-order chi connectivity index (χ1) is 10.9. The minimum Gasteiger partial charge on any atom is -0.369 e. The van der Waals surface area contributed by atoms with Gasteiger partial charge in [-0.1, -0.05) is 35.5 Å². The van der Waals surface area contributed by atoms with Crippen molar-refractivity contribution >= 4 is 16.7 Å². The summed E-state index contributed by atoms with van der Waals surface area (Å²) in [5.41, 5.74) is 3.38. The smallest absolute Gasteiger partial charge is 0.113 e. The molecule has 0 radical (unpaired) electrons. The van der Waals surface area contributed by atoms with E-state index in [-0.39, 0.29) is 0 Å². The van der Waals surface area contributed by atoms with Crippen molar-refractivity contribution in [2.45, 2.75) is 6.67 Å². The van der Waals surface area contributed by atoms with Gasteiger partial charge in [0.05, 0.1) is 12.2 Å². The summed E-state index contributed by atoms with van der Waals surface area (Å²) in [7, 11) is 0. The van der Waals surface area contributed by atoms with Gasteiger partial charge in [-0.25, -0.2) is 4.68 Å². The third kappa shape index (κ3) is 2.55. The largest absolute Gasteiger partial charge is 0.369 e. The van der Waals surface area contributed by atoms with Crippen LogP contribution < -0.4 is 4.90 Å². The maximum atomic E-state index is 4.28. The van der Waals surface area contributed by atoms with Crippen molar-refractivity contribution in [2.75, 3.05) is 31.1 Å². The van der Waals surface area contributed by atoms with Crippen molar-refractivity contribution in [1.29, 1.82) is 0 Å². The Hall–Kier alpha value is -2.40. The summed E-state index contributed by atoms with van der Waals surface area (Å²) >= 11 is 0. The van der Waals surface area contributed by atoms with E-state index in [0.29, 0.717) is 0 Å². The lowest BCUT2D eigenvalue weighted by molar-refractivity contribution is 0.197. The first kappa shape index (κ1) is 13.3. The standard InChI is InChI=1S/C17H19N5/c1-2-6-15(7-3-1)21-12-10-20(11-13-21)14-22-17-9-5-4-8-16(17)18-19-22/h1-9H,10-14H2. The van der Waals surface area contributed by atoms with Gasteiger partial charge in [-0.3, -0.25) is 4.90 Å². The molecular weight excluding hydrogens is 274 g/mol. The highest BCUT2D eigenvalue weighted by atomic mass is 15.5. The minimum atomic E-state index is 0.809. The lowest BCUT2D eigenvalue weighted by atomic mass is 10.2. The van der Waals surface area contributed by atoms with Crippen LogP contribution in [-0.2, 0) is 6.67 Å². The molecule has 1 aliphatic rings. The summed E-state index contributed by atoms with van der Waals surface area (Å²) in [6.07, 6.45) is 0. The molecule has 0 saturated carbocycles. The van der Waals surface area contributed by atoms with Crippen LogP contribution in [0.4, 0.5) is 5.69 Å². The molecule has 0 unspecified atom stereocenters. The maximum Gasteiger partial charge on any atom is 0.113 e. The zero-order chi connectivity index (χ0) is 14.8. The van der Waals surface area contributed by atoms with Crippen molar-refractivity contribution in [3.8, 4) is 0 Å². The third-order valence-corrected chi connectivity index (χ3v) is 4.25. The van der Waals surface area contributed by atoms with Crippen LogP contribution in [0.2, 0.25) is 0 Å². The Labute approximate surface area is 129 Å². The molecule has 5 nitrogen and oxygen atoms in total. The highest BCUT2D eigenvalue weighted by molar-refractivity contribution is 5.73. The van der Waals surface area contributed by atoms with E-state index in [0.717, 1.165) is 43.9 Å². The van der Waals surface area contributed by atoms with Gasteiger partial charge in [0.1, 0.15) is 5.52 Å². The predicted molar refractivity (Wildman–Crippen MR) is 87.8 cm³/mol. The van der Waals surface area contributed by atoms with Gasteiger partial charge in [-0.05, 0) is 24.3 Å². The minimum absolute atomic E-state index is 0.809. The second-order valence-electron chi connectivity index (χ2n) is 5.66. The van der Waals surface area contributed by atoms with Crippen LogP contribution in [0.15, 0.2) is 54.6 Å². The van der Waals surface area contributed by atoms with Gasteiger partial charge in [-0.15, -0.1) is 5.10 Å². The number of fused-ring (bicyclic) bond motifs is 1. The number of aromatic nitrogens is 3. The quantitative estimate of drug-likeness (QED) is 0.742. The maximum absolute atomic E-state index is 4.28. The van der Waals surface area contributed by atoms with E-state index in [2.05, 4.69) is 56.5 Å². The van der Waals surface area contributed by atoms with Gasteiger partial charge in [-0.2, -0.15) is 0 Å². The van der Waals surface area contributed by atoms with E-state index >= 15 is 0 Å². The molecule has 1 saturated heterocycles. The van der Waals surface area contributed by atoms with E-state index in [1.807, 2.05) is 22.9 Å². The van der Waals surface area contributed by atoms with Crippen molar-refractivity contribution < 1.29 is 0 Å². The molecule has 0 spiro atoms. The fourth-order valence-electron chi connectivity index (χ4n) is 3.00. The Balaban J connectivity index is 1.42. The van der Waals surface area contributed by atoms with Crippen LogP contribution in [-0.4, -0.2) is 46.1 Å². The Morgan fingerprint density at radius 2 is 1.55 bits per heavy atom. The van der Waals surface area contributed by atoms with E-state index < -0.39 is 0 Å². The van der Waals surface area contributed by atoms with E-state index in [1.165, 1.54) is 5.69 Å². The average molecular weight is 293 g/mol. The molecule has 5 heteroatoms. The molecular formula is C17H19N5. The second-order valence-corrected chi connectivity index (χ2v) is 5.66. The zero-order valence-corrected chi connectivity index (χ0v) is 12.5. The molecule has 4 rings (SSSR count). The normalized spacial score (nSPS) is 16.3. The number of para-hydroxylation sites is 2. The summed E-state index contributed by atoms with van der Waals surface area (Å²) in [5, 5.41) is 8.50. The number of benzene rings is 2. The molecule has 22 heavy (non-hydrogen) atoms. The van der Waals surface area contributed by atoms with Crippen molar-refractivity contribution in [3.05, 3.63) is 54.6 Å². The van der Waals surface area contributed by atoms with Crippen molar-refractivity contribution in [1.82, 2.24) is 19.9 Å². The fraction of sp³-hybridized carbons (Fsp3) is 0.294. The molecule has 2 aromatic carbocycles. The van der Waals surface area contributed by atoms with Crippen molar-refractivity contribution in [3.63, 3.8) is 0 Å². The summed E-state index contributed by atoms with van der Waals surface area (Å²) in [6, 6.07) is 18.8. The van der Waals surface area contributed by atoms with Gasteiger partial charge < -0.3 is 4.90 Å². The molecule has 1 aliphatic heterocycles. The third-order valence-electron chi connectivity index (χ3n) is 4.25. The Morgan fingerprint density at radius 3 is 2.36 bits per heavy atom. The van der Waals surface area contributed by atoms with Gasteiger partial charge >= 0.3 is 0 Å². The molecule has 1 fully saturated rings. The SMILES string of the molecule is c1ccc(N2CCN(Cn3nnc4ccccc43)CC2)cc1. The first-order valence-corrected chi connectivity index (χ1v) is 7.71. The summed E-state index contributed by atoms with van der Waals surface area (Å²) < 4.78 is 1.99. The van der Waals surface area contributed by atoms with Crippen LogP contribution in [0, 0.1) is 0 Å². The number of hydrogen-bond donors (Lipinski definition) is 0. The predicted octanol–water partition coefficient (Wildman–Crippen LogP) is 2.21. The highest BCUT2D eigenvalue weighted by Gasteiger charge is 2.18. The number of piperazine rings is 1. The van der Waals surface area contributed by atoms with Crippen LogP contribution in [0.5, 0.6) is 0 Å². The molecule has 0 N–H and O–H groups in total. The zero-order valence-electron chi connectivity index (χ0n) is 12.5.